The molecule has 2 bridgehead atoms. The summed E-state index contributed by atoms with van der Waals surface area (Å²) in [5, 5.41) is 6.25. The van der Waals surface area contributed by atoms with Crippen molar-refractivity contribution in [2.24, 2.45) is 11.8 Å². The third kappa shape index (κ3) is 4.21. The summed E-state index contributed by atoms with van der Waals surface area (Å²) in [6.07, 6.45) is 6.81. The largest absolute Gasteiger partial charge is 0.355 e. The Hall–Kier alpha value is -2.74. The number of hydrogen-bond donors (Lipinski definition) is 2. The number of nitrogens with zero attached hydrogens (tertiary/aromatic N) is 4. The van der Waals surface area contributed by atoms with Crippen molar-refractivity contribution in [3.05, 3.63) is 52.2 Å². The van der Waals surface area contributed by atoms with Crippen LogP contribution in [0.2, 0.25) is 0 Å². The van der Waals surface area contributed by atoms with Crippen molar-refractivity contribution < 1.29 is 4.79 Å². The van der Waals surface area contributed by atoms with Crippen LogP contribution in [0.15, 0.2) is 35.4 Å². The molecule has 3 aliphatic rings. The normalized spacial score (nSPS) is 25.0. The number of rotatable bonds is 7. The molecule has 0 aromatic carbocycles. The number of fused-ring (bicyclic) bond motifs is 4. The average molecular weight is 423 g/mol. The highest BCUT2D eigenvalue weighted by Gasteiger charge is 2.41. The lowest BCUT2D eigenvalue weighted by Gasteiger charge is -2.47. The van der Waals surface area contributed by atoms with E-state index in [1.807, 2.05) is 30.0 Å². The molecule has 1 aliphatic carbocycles. The predicted octanol–water partition coefficient (Wildman–Crippen LogP) is 1.76. The third-order valence-electron chi connectivity index (χ3n) is 6.75. The van der Waals surface area contributed by atoms with Gasteiger partial charge >= 0.3 is 0 Å². The molecule has 4 heterocycles. The van der Waals surface area contributed by atoms with Gasteiger partial charge in [0.05, 0.1) is 6.04 Å². The molecule has 0 unspecified atom stereocenters. The quantitative estimate of drug-likeness (QED) is 0.706. The van der Waals surface area contributed by atoms with Crippen LogP contribution in [0.1, 0.15) is 49.4 Å². The van der Waals surface area contributed by atoms with Gasteiger partial charge in [0.2, 0.25) is 11.9 Å². The van der Waals surface area contributed by atoms with Gasteiger partial charge in [0.15, 0.2) is 0 Å². The van der Waals surface area contributed by atoms with Crippen molar-refractivity contribution in [3.8, 4) is 0 Å². The Morgan fingerprint density at radius 2 is 2.00 bits per heavy atom. The van der Waals surface area contributed by atoms with Crippen molar-refractivity contribution in [2.75, 3.05) is 31.5 Å². The van der Waals surface area contributed by atoms with E-state index in [9.17, 15) is 9.59 Å². The first-order valence-corrected chi connectivity index (χ1v) is 11.4. The van der Waals surface area contributed by atoms with E-state index in [2.05, 4.69) is 31.6 Å². The summed E-state index contributed by atoms with van der Waals surface area (Å²) in [5.41, 5.74) is 2.22. The van der Waals surface area contributed by atoms with Gasteiger partial charge in [-0.2, -0.15) is 0 Å². The fourth-order valence-electron chi connectivity index (χ4n) is 5.17. The Morgan fingerprint density at radius 1 is 1.19 bits per heavy atom. The van der Waals surface area contributed by atoms with Crippen LogP contribution < -0.4 is 16.2 Å². The highest BCUT2D eigenvalue weighted by atomic mass is 16.2. The minimum Gasteiger partial charge on any atom is -0.355 e. The third-order valence-corrected chi connectivity index (χ3v) is 6.75. The number of aromatic nitrogens is 3. The van der Waals surface area contributed by atoms with Crippen LogP contribution in [0, 0.1) is 11.8 Å². The van der Waals surface area contributed by atoms with Crippen molar-refractivity contribution in [1.29, 1.82) is 0 Å². The molecule has 1 saturated heterocycles. The Morgan fingerprint density at radius 3 is 2.74 bits per heavy atom. The number of carbonyl (C=O) groups excluding carboxylic acids is 1. The van der Waals surface area contributed by atoms with Gasteiger partial charge in [0, 0.05) is 74.3 Å². The Balaban J connectivity index is 1.35. The molecular formula is C23H30N6O2. The van der Waals surface area contributed by atoms with E-state index in [0.717, 1.165) is 56.7 Å². The number of hydrogen-bond acceptors (Lipinski definition) is 6. The molecule has 164 valence electrons. The molecule has 1 amide bonds. The minimum atomic E-state index is -0.00201. The van der Waals surface area contributed by atoms with Gasteiger partial charge in [-0.3, -0.25) is 14.5 Å². The van der Waals surface area contributed by atoms with Crippen LogP contribution in [0.3, 0.4) is 0 Å². The molecule has 2 N–H and O–H groups in total. The van der Waals surface area contributed by atoms with Gasteiger partial charge in [-0.25, -0.2) is 9.97 Å². The zero-order chi connectivity index (χ0) is 21.4. The van der Waals surface area contributed by atoms with Crippen LogP contribution in [0.5, 0.6) is 0 Å². The summed E-state index contributed by atoms with van der Waals surface area (Å²) >= 11 is 0. The number of pyridine rings is 1. The maximum absolute atomic E-state index is 12.8. The van der Waals surface area contributed by atoms with Crippen molar-refractivity contribution in [1.82, 2.24) is 24.8 Å². The first-order chi connectivity index (χ1) is 15.1. The smallest absolute Gasteiger partial charge is 0.251 e. The van der Waals surface area contributed by atoms with E-state index < -0.39 is 0 Å². The van der Waals surface area contributed by atoms with Gasteiger partial charge < -0.3 is 15.2 Å². The summed E-state index contributed by atoms with van der Waals surface area (Å²) < 4.78 is 1.96. The molecule has 1 saturated carbocycles. The van der Waals surface area contributed by atoms with Gasteiger partial charge in [0.1, 0.15) is 0 Å². The van der Waals surface area contributed by atoms with Gasteiger partial charge in [-0.15, -0.1) is 0 Å². The van der Waals surface area contributed by atoms with Crippen LogP contribution >= 0.6 is 0 Å². The van der Waals surface area contributed by atoms with Crippen LogP contribution in [-0.2, 0) is 11.3 Å². The molecule has 8 heteroatoms. The number of piperidine rings is 1. The monoisotopic (exact) mass is 422 g/mol. The fourth-order valence-corrected chi connectivity index (χ4v) is 5.17. The lowest BCUT2D eigenvalue weighted by molar-refractivity contribution is -0.122. The average Bonchev–Trinajstić information content (AvgIpc) is 3.61. The van der Waals surface area contributed by atoms with Crippen molar-refractivity contribution in [2.45, 2.75) is 44.7 Å². The number of nitrogens with one attached hydrogen (secondary N) is 2. The summed E-state index contributed by atoms with van der Waals surface area (Å²) in [5.74, 6) is 1.62. The molecule has 8 nitrogen and oxygen atoms in total. The summed E-state index contributed by atoms with van der Waals surface area (Å²) in [7, 11) is 0. The van der Waals surface area contributed by atoms with E-state index >= 15 is 0 Å². The first kappa shape index (κ1) is 20.2. The van der Waals surface area contributed by atoms with Crippen LogP contribution in [0.25, 0.3) is 0 Å². The minimum absolute atomic E-state index is 0.00201. The second kappa shape index (κ2) is 8.42. The molecule has 31 heavy (non-hydrogen) atoms. The highest BCUT2D eigenvalue weighted by molar-refractivity contribution is 5.80. The lowest BCUT2D eigenvalue weighted by Crippen LogP contribution is -2.51. The zero-order valence-corrected chi connectivity index (χ0v) is 18.0. The lowest BCUT2D eigenvalue weighted by atomic mass is 9.78. The fraction of sp³-hybridized carbons (Fsp3) is 0.565. The summed E-state index contributed by atoms with van der Waals surface area (Å²) in [4.78, 5) is 36.3. The number of amides is 1. The van der Waals surface area contributed by atoms with Gasteiger partial charge in [-0.05, 0) is 38.2 Å². The van der Waals surface area contributed by atoms with E-state index in [1.165, 1.54) is 0 Å². The highest BCUT2D eigenvalue weighted by Crippen LogP contribution is 2.41. The standard InChI is InChI=1S/C23H30N6O2/c1-2-24-23-26-9-15(10-27-23)12-28-13-17-8-18(14-28)20(11-25-22(31)16-6-7-16)29-19(17)4-3-5-21(29)30/h3-5,9-10,16-18,20H,2,6-8,11-14H2,1H3,(H,25,31)(H,24,26,27)/t17-,18+,20+/m1/s1. The zero-order valence-electron chi connectivity index (χ0n) is 18.0. The van der Waals surface area contributed by atoms with Gasteiger partial charge in [-0.1, -0.05) is 6.07 Å². The van der Waals surface area contributed by atoms with Crippen LogP contribution in [-0.4, -0.2) is 51.5 Å². The second-order valence-electron chi connectivity index (χ2n) is 9.08. The maximum Gasteiger partial charge on any atom is 0.251 e. The van der Waals surface area contributed by atoms with Crippen LogP contribution in [0.4, 0.5) is 5.95 Å². The second-order valence-corrected chi connectivity index (χ2v) is 9.08. The molecule has 2 aromatic rings. The van der Waals surface area contributed by atoms with E-state index in [-0.39, 0.29) is 23.4 Å². The molecule has 5 rings (SSSR count). The number of carbonyl (C=O) groups is 1. The Kier molecular flexibility index (Phi) is 5.48. The molecule has 0 radical (unpaired) electrons. The maximum atomic E-state index is 12.8. The van der Waals surface area contributed by atoms with Crippen molar-refractivity contribution in [3.63, 3.8) is 0 Å². The number of likely N-dealkylation sites (tertiary alicyclic amines) is 1. The molecule has 3 atom stereocenters. The van der Waals surface area contributed by atoms with E-state index in [4.69, 9.17) is 0 Å². The Bertz CT molecular complexity index is 1000. The van der Waals surface area contributed by atoms with Gasteiger partial charge in [0.25, 0.3) is 5.56 Å². The van der Waals surface area contributed by atoms with E-state index in [0.29, 0.717) is 24.3 Å². The van der Waals surface area contributed by atoms with E-state index in [1.54, 1.807) is 6.07 Å². The molecular weight excluding hydrogens is 392 g/mol. The number of anilines is 1. The molecule has 2 aromatic heterocycles. The SMILES string of the molecule is CCNc1ncc(CN2C[C@H]3C[C@@H](C2)[C@H](CNC(=O)C2CC2)n2c3cccc2=O)cn1. The first-order valence-electron chi connectivity index (χ1n) is 11.4. The Labute approximate surface area is 182 Å². The topological polar surface area (TPSA) is 92.2 Å². The molecule has 2 fully saturated rings. The summed E-state index contributed by atoms with van der Waals surface area (Å²) in [6.45, 7) is 5.95. The molecule has 2 aliphatic heterocycles. The van der Waals surface area contributed by atoms with Crippen molar-refractivity contribution >= 4 is 11.9 Å². The predicted molar refractivity (Wildman–Crippen MR) is 118 cm³/mol. The molecule has 0 spiro atoms. The summed E-state index contributed by atoms with van der Waals surface area (Å²) in [6, 6.07) is 5.58.